The van der Waals surface area contributed by atoms with Crippen molar-refractivity contribution < 1.29 is 14.3 Å². The Morgan fingerprint density at radius 3 is 2.56 bits per heavy atom. The van der Waals surface area contributed by atoms with Gasteiger partial charge in [-0.1, -0.05) is 0 Å². The average molecular weight is 230 g/mol. The first-order valence-electron chi connectivity index (χ1n) is 5.60. The second kappa shape index (κ2) is 5.01. The van der Waals surface area contributed by atoms with Gasteiger partial charge >= 0.3 is 6.09 Å². The maximum Gasteiger partial charge on any atom is 0.410 e. The lowest BCUT2D eigenvalue weighted by molar-refractivity contribution is 0.0201. The molecule has 16 heavy (non-hydrogen) atoms. The highest BCUT2D eigenvalue weighted by Gasteiger charge is 2.36. The van der Waals surface area contributed by atoms with Gasteiger partial charge in [0.05, 0.1) is 12.6 Å². The van der Waals surface area contributed by atoms with E-state index in [4.69, 9.17) is 15.2 Å². The molecule has 94 valence electrons. The quantitative estimate of drug-likeness (QED) is 0.767. The monoisotopic (exact) mass is 230 g/mol. The summed E-state index contributed by atoms with van der Waals surface area (Å²) in [7, 11) is 1.65. The Morgan fingerprint density at radius 2 is 2.12 bits per heavy atom. The Kier molecular flexibility index (Phi) is 4.15. The van der Waals surface area contributed by atoms with E-state index in [0.717, 1.165) is 6.42 Å². The average Bonchev–Trinajstić information content (AvgIpc) is 2.58. The van der Waals surface area contributed by atoms with Gasteiger partial charge in [-0.2, -0.15) is 0 Å². The fourth-order valence-electron chi connectivity index (χ4n) is 1.81. The van der Waals surface area contributed by atoms with Crippen LogP contribution in [0.25, 0.3) is 0 Å². The topological polar surface area (TPSA) is 64.8 Å². The first-order valence-corrected chi connectivity index (χ1v) is 5.60. The van der Waals surface area contributed by atoms with E-state index in [1.54, 1.807) is 12.0 Å². The van der Waals surface area contributed by atoms with Crippen molar-refractivity contribution in [2.24, 2.45) is 5.73 Å². The summed E-state index contributed by atoms with van der Waals surface area (Å²) in [5.41, 5.74) is 5.17. The Bertz CT molecular complexity index is 250. The zero-order valence-corrected chi connectivity index (χ0v) is 10.5. The van der Waals surface area contributed by atoms with Crippen LogP contribution in [0.1, 0.15) is 27.2 Å². The molecule has 0 aliphatic carbocycles. The summed E-state index contributed by atoms with van der Waals surface area (Å²) in [6, 6.07) is 0.0276. The van der Waals surface area contributed by atoms with E-state index in [-0.39, 0.29) is 18.2 Å². The molecule has 0 spiro atoms. The van der Waals surface area contributed by atoms with Crippen LogP contribution < -0.4 is 5.73 Å². The molecule has 2 atom stereocenters. The van der Waals surface area contributed by atoms with Gasteiger partial charge in [-0.3, -0.25) is 0 Å². The van der Waals surface area contributed by atoms with E-state index in [0.29, 0.717) is 13.1 Å². The van der Waals surface area contributed by atoms with Crippen molar-refractivity contribution in [3.05, 3.63) is 0 Å². The first-order chi connectivity index (χ1) is 7.37. The molecule has 1 aliphatic rings. The Hall–Kier alpha value is -0.810. The normalized spacial score (nSPS) is 25.9. The summed E-state index contributed by atoms with van der Waals surface area (Å²) in [6.45, 7) is 6.57. The second-order valence-corrected chi connectivity index (χ2v) is 5.12. The summed E-state index contributed by atoms with van der Waals surface area (Å²) in [5, 5.41) is 0. The molecule has 0 radical (unpaired) electrons. The van der Waals surface area contributed by atoms with Gasteiger partial charge in [0, 0.05) is 19.7 Å². The highest BCUT2D eigenvalue weighted by molar-refractivity contribution is 5.69. The van der Waals surface area contributed by atoms with Crippen molar-refractivity contribution in [3.8, 4) is 0 Å². The number of amides is 1. The second-order valence-electron chi connectivity index (χ2n) is 5.12. The number of methoxy groups -OCH3 is 1. The van der Waals surface area contributed by atoms with Gasteiger partial charge in [0.2, 0.25) is 0 Å². The molecular formula is C11H22N2O3. The minimum atomic E-state index is -0.471. The van der Waals surface area contributed by atoms with Gasteiger partial charge in [0.1, 0.15) is 5.60 Å². The smallest absolute Gasteiger partial charge is 0.410 e. The standard InChI is InChI=1S/C11H22N2O3/c1-11(2,3)16-10(14)13-7-9(15-4)5-8(13)6-12/h8-9H,5-7,12H2,1-4H3/t8-,9-/m1/s1. The number of ether oxygens (including phenoxy) is 2. The van der Waals surface area contributed by atoms with Crippen LogP contribution >= 0.6 is 0 Å². The van der Waals surface area contributed by atoms with E-state index in [1.807, 2.05) is 20.8 Å². The summed E-state index contributed by atoms with van der Waals surface area (Å²) >= 11 is 0. The number of hydrogen-bond donors (Lipinski definition) is 1. The molecule has 0 unspecified atom stereocenters. The maximum absolute atomic E-state index is 11.9. The zero-order chi connectivity index (χ0) is 12.3. The van der Waals surface area contributed by atoms with Crippen LogP contribution in [0.3, 0.4) is 0 Å². The number of likely N-dealkylation sites (tertiary alicyclic amines) is 1. The highest BCUT2D eigenvalue weighted by atomic mass is 16.6. The molecule has 2 N–H and O–H groups in total. The van der Waals surface area contributed by atoms with Gasteiger partial charge < -0.3 is 20.1 Å². The predicted octanol–water partition coefficient (Wildman–Crippen LogP) is 0.969. The molecule has 1 fully saturated rings. The maximum atomic E-state index is 11.9. The van der Waals surface area contributed by atoms with Crippen molar-refractivity contribution in [2.45, 2.75) is 44.9 Å². The van der Waals surface area contributed by atoms with Crippen LogP contribution in [-0.2, 0) is 9.47 Å². The third kappa shape index (κ3) is 3.35. The Morgan fingerprint density at radius 1 is 1.50 bits per heavy atom. The molecule has 0 saturated carbocycles. The summed E-state index contributed by atoms with van der Waals surface area (Å²) in [5.74, 6) is 0. The minimum Gasteiger partial charge on any atom is -0.444 e. The van der Waals surface area contributed by atoms with E-state index < -0.39 is 5.60 Å². The lowest BCUT2D eigenvalue weighted by atomic mass is 10.2. The molecule has 1 saturated heterocycles. The summed E-state index contributed by atoms with van der Waals surface area (Å²) < 4.78 is 10.6. The van der Waals surface area contributed by atoms with E-state index in [9.17, 15) is 4.79 Å². The fourth-order valence-corrected chi connectivity index (χ4v) is 1.81. The minimum absolute atomic E-state index is 0.0276. The molecule has 0 aromatic rings. The number of carbonyl (C=O) groups is 1. The van der Waals surface area contributed by atoms with E-state index in [2.05, 4.69) is 0 Å². The molecule has 1 aliphatic heterocycles. The Labute approximate surface area is 96.9 Å². The number of nitrogens with two attached hydrogens (primary N) is 1. The lowest BCUT2D eigenvalue weighted by Crippen LogP contribution is -2.43. The summed E-state index contributed by atoms with van der Waals surface area (Å²) in [6.07, 6.45) is 0.551. The van der Waals surface area contributed by atoms with Gasteiger partial charge in [-0.15, -0.1) is 0 Å². The van der Waals surface area contributed by atoms with Crippen molar-refractivity contribution in [1.29, 1.82) is 0 Å². The van der Waals surface area contributed by atoms with Crippen molar-refractivity contribution >= 4 is 6.09 Å². The third-order valence-corrected chi connectivity index (χ3v) is 2.61. The van der Waals surface area contributed by atoms with Crippen LogP contribution in [0, 0.1) is 0 Å². The Balaban J connectivity index is 2.61. The van der Waals surface area contributed by atoms with Gasteiger partial charge in [-0.05, 0) is 27.2 Å². The SMILES string of the molecule is CO[C@@H]1C[C@H](CN)N(C(=O)OC(C)(C)C)C1. The molecular weight excluding hydrogens is 208 g/mol. The number of rotatable bonds is 2. The van der Waals surface area contributed by atoms with Crippen LogP contribution in [0.15, 0.2) is 0 Å². The molecule has 0 bridgehead atoms. The van der Waals surface area contributed by atoms with E-state index in [1.165, 1.54) is 0 Å². The molecule has 0 aromatic heterocycles. The fraction of sp³-hybridized carbons (Fsp3) is 0.909. The van der Waals surface area contributed by atoms with Crippen molar-refractivity contribution in [2.75, 3.05) is 20.2 Å². The number of nitrogens with zero attached hydrogens (tertiary/aromatic N) is 1. The van der Waals surface area contributed by atoms with Gasteiger partial charge in [0.25, 0.3) is 0 Å². The van der Waals surface area contributed by atoms with Crippen LogP contribution in [0.5, 0.6) is 0 Å². The van der Waals surface area contributed by atoms with E-state index >= 15 is 0 Å². The van der Waals surface area contributed by atoms with Gasteiger partial charge in [-0.25, -0.2) is 4.79 Å². The zero-order valence-electron chi connectivity index (χ0n) is 10.5. The molecule has 1 rings (SSSR count). The predicted molar refractivity (Wildman–Crippen MR) is 61.2 cm³/mol. The lowest BCUT2D eigenvalue weighted by Gasteiger charge is -2.27. The van der Waals surface area contributed by atoms with Crippen molar-refractivity contribution in [3.63, 3.8) is 0 Å². The van der Waals surface area contributed by atoms with Gasteiger partial charge in [0.15, 0.2) is 0 Å². The third-order valence-electron chi connectivity index (χ3n) is 2.61. The first kappa shape index (κ1) is 13.3. The summed E-state index contributed by atoms with van der Waals surface area (Å²) in [4.78, 5) is 13.6. The van der Waals surface area contributed by atoms with Crippen molar-refractivity contribution in [1.82, 2.24) is 4.90 Å². The van der Waals surface area contributed by atoms with Crippen LogP contribution in [0.4, 0.5) is 4.79 Å². The molecule has 1 heterocycles. The number of hydrogen-bond acceptors (Lipinski definition) is 4. The highest BCUT2D eigenvalue weighted by Crippen LogP contribution is 2.22. The molecule has 5 heteroatoms. The largest absolute Gasteiger partial charge is 0.444 e. The number of carbonyl (C=O) groups excluding carboxylic acids is 1. The van der Waals surface area contributed by atoms with Crippen LogP contribution in [-0.4, -0.2) is 48.9 Å². The molecule has 1 amide bonds. The molecule has 5 nitrogen and oxygen atoms in total. The molecule has 0 aromatic carbocycles. The van der Waals surface area contributed by atoms with Crippen LogP contribution in [0.2, 0.25) is 0 Å².